The zero-order valence-corrected chi connectivity index (χ0v) is 25.3. The average molecular weight is 602 g/mol. The second-order valence-electron chi connectivity index (χ2n) is 12.8. The number of hydrogen-bond donors (Lipinski definition) is 1. The topological polar surface area (TPSA) is 57.7 Å². The summed E-state index contributed by atoms with van der Waals surface area (Å²) in [6, 6.07) is 10.7. The Morgan fingerprint density at radius 1 is 1.26 bits per heavy atom. The number of esters is 1. The number of pyridine rings is 1. The van der Waals surface area contributed by atoms with Crippen molar-refractivity contribution in [3.63, 3.8) is 0 Å². The first-order valence-electron chi connectivity index (χ1n) is 14.2. The number of alkyl halides is 1. The van der Waals surface area contributed by atoms with E-state index in [1.807, 2.05) is 0 Å². The fourth-order valence-electron chi connectivity index (χ4n) is 6.37. The lowest BCUT2D eigenvalue weighted by molar-refractivity contribution is -0.142. The molecule has 1 N–H and O–H groups in total. The minimum atomic E-state index is -0.865. The number of fused-ring (bicyclic) bond motifs is 1. The molecule has 1 spiro atoms. The first-order valence-corrected chi connectivity index (χ1v) is 15.0. The maximum Gasteiger partial charge on any atom is 0.306 e. The van der Waals surface area contributed by atoms with Gasteiger partial charge in [0.2, 0.25) is 0 Å². The first kappa shape index (κ1) is 28.5. The summed E-state index contributed by atoms with van der Waals surface area (Å²) in [5, 5.41) is 3.40. The van der Waals surface area contributed by atoms with Gasteiger partial charge in [0.15, 0.2) is 0 Å². The minimum absolute atomic E-state index is 0.00426. The number of aromatic nitrogens is 1. The number of ether oxygens (including phenoxy) is 1. The van der Waals surface area contributed by atoms with Crippen LogP contribution < -0.4 is 5.32 Å². The Labute approximate surface area is 240 Å². The monoisotopic (exact) mass is 600 g/mol. The van der Waals surface area contributed by atoms with E-state index in [1.165, 1.54) is 18.2 Å². The van der Waals surface area contributed by atoms with Crippen LogP contribution in [-0.2, 0) is 27.9 Å². The van der Waals surface area contributed by atoms with Crippen LogP contribution in [0.1, 0.15) is 68.3 Å². The van der Waals surface area contributed by atoms with Gasteiger partial charge >= 0.3 is 5.97 Å². The quantitative estimate of drug-likeness (QED) is 0.412. The number of aryl methyl sites for hydroxylation is 1. The van der Waals surface area contributed by atoms with Crippen molar-refractivity contribution >= 4 is 27.7 Å². The lowest BCUT2D eigenvalue weighted by atomic mass is 9.70. The van der Waals surface area contributed by atoms with Gasteiger partial charge in [-0.25, -0.2) is 9.37 Å². The number of rotatable bonds is 7. The molecule has 2 aromatic rings. The van der Waals surface area contributed by atoms with Crippen LogP contribution in [0.5, 0.6) is 0 Å². The molecule has 8 heteroatoms. The van der Waals surface area contributed by atoms with Crippen molar-refractivity contribution in [2.45, 2.75) is 70.5 Å². The molecule has 3 aliphatic heterocycles. The largest absolute Gasteiger partial charge is 0.469 e. The lowest BCUT2D eigenvalue weighted by Gasteiger charge is -2.56. The van der Waals surface area contributed by atoms with Crippen LogP contribution in [0.2, 0.25) is 0 Å². The zero-order chi connectivity index (χ0) is 27.8. The number of carbonyl (C=O) groups excluding carboxylic acids is 1. The van der Waals surface area contributed by atoms with Crippen LogP contribution >= 0.6 is 15.9 Å². The maximum atomic E-state index is 15.7. The normalized spacial score (nSPS) is 22.1. The molecular weight excluding hydrogens is 559 g/mol. The highest BCUT2D eigenvalue weighted by Gasteiger charge is 2.52. The van der Waals surface area contributed by atoms with E-state index in [0.29, 0.717) is 19.5 Å². The van der Waals surface area contributed by atoms with Crippen LogP contribution in [-0.4, -0.2) is 73.3 Å². The summed E-state index contributed by atoms with van der Waals surface area (Å²) < 4.78 is 21.7. The van der Waals surface area contributed by atoms with E-state index in [0.717, 1.165) is 73.5 Å². The summed E-state index contributed by atoms with van der Waals surface area (Å²) in [7, 11) is 1.44. The molecule has 4 heterocycles. The summed E-state index contributed by atoms with van der Waals surface area (Å²) in [5.41, 5.74) is 4.35. The molecule has 0 saturated carbocycles. The predicted molar refractivity (Wildman–Crippen MR) is 157 cm³/mol. The standard InChI is InChI=1S/C31H42BrFN4O2/c1-30(2,3)24-12-22(13-25(32)15-24)23(14-28(38)39-4)16-37-19-31(20-37)9-11-36(18-27(31)33)17-26-8-7-21-6-5-10-34-29(21)35-26/h7-8,12-13,15,23,27H,5-6,9-11,14,16-20H2,1-4H3,(H,34,35)/t23-,27?/m1/s1. The van der Waals surface area contributed by atoms with Crippen molar-refractivity contribution in [3.8, 4) is 0 Å². The number of hydrogen-bond acceptors (Lipinski definition) is 6. The number of likely N-dealkylation sites (tertiary alicyclic amines) is 2. The van der Waals surface area contributed by atoms with Crippen molar-refractivity contribution in [2.75, 3.05) is 51.7 Å². The Morgan fingerprint density at radius 3 is 2.77 bits per heavy atom. The van der Waals surface area contributed by atoms with E-state index in [9.17, 15) is 4.79 Å². The Balaban J connectivity index is 1.21. The van der Waals surface area contributed by atoms with Gasteiger partial charge in [-0.15, -0.1) is 0 Å². The van der Waals surface area contributed by atoms with Crippen LogP contribution in [0.15, 0.2) is 34.8 Å². The third-order valence-electron chi connectivity index (χ3n) is 8.80. The molecule has 2 fully saturated rings. The average Bonchev–Trinajstić information content (AvgIpc) is 2.87. The van der Waals surface area contributed by atoms with Gasteiger partial charge in [0.05, 0.1) is 19.2 Å². The summed E-state index contributed by atoms with van der Waals surface area (Å²) >= 11 is 3.67. The van der Waals surface area contributed by atoms with Gasteiger partial charge in [0.1, 0.15) is 12.0 Å². The van der Waals surface area contributed by atoms with Gasteiger partial charge in [0, 0.05) is 55.1 Å². The third-order valence-corrected chi connectivity index (χ3v) is 9.26. The van der Waals surface area contributed by atoms with Gasteiger partial charge in [-0.1, -0.05) is 48.8 Å². The summed E-state index contributed by atoms with van der Waals surface area (Å²) in [6.07, 6.45) is 2.52. The summed E-state index contributed by atoms with van der Waals surface area (Å²) in [6.45, 7) is 11.8. The first-order chi connectivity index (χ1) is 18.5. The molecule has 0 radical (unpaired) electrons. The molecule has 1 aromatic carbocycles. The molecule has 1 unspecified atom stereocenters. The molecule has 212 valence electrons. The fraction of sp³-hybridized carbons (Fsp3) is 0.613. The Bertz CT molecular complexity index is 1190. The lowest BCUT2D eigenvalue weighted by Crippen LogP contribution is -2.66. The molecule has 0 bridgehead atoms. The Morgan fingerprint density at radius 2 is 2.05 bits per heavy atom. The number of halogens is 2. The number of anilines is 1. The highest BCUT2D eigenvalue weighted by molar-refractivity contribution is 9.10. The highest BCUT2D eigenvalue weighted by atomic mass is 79.9. The molecule has 39 heavy (non-hydrogen) atoms. The van der Waals surface area contributed by atoms with Crippen LogP contribution in [0.4, 0.5) is 10.2 Å². The maximum absolute atomic E-state index is 15.7. The van der Waals surface area contributed by atoms with E-state index in [-0.39, 0.29) is 22.7 Å². The predicted octanol–water partition coefficient (Wildman–Crippen LogP) is 5.69. The van der Waals surface area contributed by atoms with E-state index in [1.54, 1.807) is 0 Å². The molecule has 2 atom stereocenters. The number of carbonyl (C=O) groups is 1. The number of methoxy groups -OCH3 is 1. The molecule has 6 nitrogen and oxygen atoms in total. The molecular formula is C31H42BrFN4O2. The molecule has 0 amide bonds. The third kappa shape index (κ3) is 6.49. The number of benzene rings is 1. The molecule has 0 aliphatic carbocycles. The van der Waals surface area contributed by atoms with Gasteiger partial charge in [-0.05, 0) is 66.1 Å². The van der Waals surface area contributed by atoms with Crippen molar-refractivity contribution in [1.29, 1.82) is 0 Å². The SMILES string of the molecule is COC(=O)C[C@H](CN1CC2(CCN(Cc3ccc4c(n3)NCCC4)CC2F)C1)c1cc(Br)cc(C(C)(C)C)c1. The van der Waals surface area contributed by atoms with E-state index >= 15 is 4.39 Å². The van der Waals surface area contributed by atoms with Crippen molar-refractivity contribution in [2.24, 2.45) is 5.41 Å². The fourth-order valence-corrected chi connectivity index (χ4v) is 6.88. The molecule has 2 saturated heterocycles. The second kappa shape index (κ2) is 11.5. The molecule has 1 aromatic heterocycles. The van der Waals surface area contributed by atoms with E-state index < -0.39 is 6.17 Å². The Hall–Kier alpha value is -2.03. The minimum Gasteiger partial charge on any atom is -0.469 e. The number of piperidine rings is 1. The van der Waals surface area contributed by atoms with Crippen molar-refractivity contribution < 1.29 is 13.9 Å². The van der Waals surface area contributed by atoms with Crippen molar-refractivity contribution in [3.05, 3.63) is 57.2 Å². The van der Waals surface area contributed by atoms with Crippen LogP contribution in [0.25, 0.3) is 0 Å². The summed E-state index contributed by atoms with van der Waals surface area (Å²) in [5.74, 6) is 0.783. The zero-order valence-electron chi connectivity index (χ0n) is 23.7. The second-order valence-corrected chi connectivity index (χ2v) is 13.7. The van der Waals surface area contributed by atoms with E-state index in [2.05, 4.69) is 82.1 Å². The summed E-state index contributed by atoms with van der Waals surface area (Å²) in [4.78, 5) is 21.7. The smallest absolute Gasteiger partial charge is 0.306 e. The molecule has 5 rings (SSSR count). The highest BCUT2D eigenvalue weighted by Crippen LogP contribution is 2.44. The van der Waals surface area contributed by atoms with Gasteiger partial charge in [0.25, 0.3) is 0 Å². The van der Waals surface area contributed by atoms with E-state index in [4.69, 9.17) is 9.72 Å². The van der Waals surface area contributed by atoms with Crippen LogP contribution in [0.3, 0.4) is 0 Å². The van der Waals surface area contributed by atoms with Gasteiger partial charge < -0.3 is 15.0 Å². The van der Waals surface area contributed by atoms with Crippen molar-refractivity contribution in [1.82, 2.24) is 14.8 Å². The Kier molecular flexibility index (Phi) is 8.37. The van der Waals surface area contributed by atoms with Crippen LogP contribution in [0, 0.1) is 5.41 Å². The number of nitrogens with one attached hydrogen (secondary N) is 1. The van der Waals surface area contributed by atoms with Gasteiger partial charge in [-0.2, -0.15) is 0 Å². The number of nitrogens with zero attached hydrogens (tertiary/aromatic N) is 3. The molecule has 3 aliphatic rings. The van der Waals surface area contributed by atoms with Gasteiger partial charge in [-0.3, -0.25) is 9.69 Å².